The van der Waals surface area contributed by atoms with E-state index in [0.29, 0.717) is 16.3 Å². The van der Waals surface area contributed by atoms with Gasteiger partial charge in [0, 0.05) is 12.3 Å². The standard InChI is InChI=1S/C13H10ClNO2/c1-9(16)13-10(14)5-4-6-11(13)15-8-3-2-7-12(15)17/h2-8H,1H3. The molecule has 1 aromatic heterocycles. The van der Waals surface area contributed by atoms with Gasteiger partial charge in [0.05, 0.1) is 16.3 Å². The molecular weight excluding hydrogens is 238 g/mol. The second kappa shape index (κ2) is 4.55. The number of nitrogens with zero attached hydrogens (tertiary/aromatic N) is 1. The summed E-state index contributed by atoms with van der Waals surface area (Å²) in [6.07, 6.45) is 1.61. The van der Waals surface area contributed by atoms with Crippen molar-refractivity contribution >= 4 is 17.4 Å². The molecule has 2 rings (SSSR count). The van der Waals surface area contributed by atoms with Gasteiger partial charge in [-0.2, -0.15) is 0 Å². The summed E-state index contributed by atoms with van der Waals surface area (Å²) in [5, 5.41) is 0.353. The first kappa shape index (κ1) is 11.6. The highest BCUT2D eigenvalue weighted by Crippen LogP contribution is 2.22. The first-order chi connectivity index (χ1) is 8.11. The number of hydrogen-bond donors (Lipinski definition) is 0. The third kappa shape index (κ3) is 2.15. The molecule has 0 bridgehead atoms. The molecule has 0 aliphatic heterocycles. The van der Waals surface area contributed by atoms with Gasteiger partial charge in [-0.15, -0.1) is 0 Å². The number of halogens is 1. The number of benzene rings is 1. The summed E-state index contributed by atoms with van der Waals surface area (Å²) in [7, 11) is 0. The molecule has 0 aliphatic rings. The minimum atomic E-state index is -0.197. The second-order valence-corrected chi connectivity index (χ2v) is 4.01. The molecule has 2 aromatic rings. The highest BCUT2D eigenvalue weighted by Gasteiger charge is 2.13. The van der Waals surface area contributed by atoms with Crippen LogP contribution in [0.5, 0.6) is 0 Å². The van der Waals surface area contributed by atoms with Crippen molar-refractivity contribution in [1.29, 1.82) is 0 Å². The molecule has 0 fully saturated rings. The Balaban J connectivity index is 2.77. The van der Waals surface area contributed by atoms with Crippen LogP contribution in [0, 0.1) is 0 Å². The molecule has 86 valence electrons. The van der Waals surface area contributed by atoms with Gasteiger partial charge in [-0.05, 0) is 25.1 Å². The number of ketones is 1. The molecular formula is C13H10ClNO2. The van der Waals surface area contributed by atoms with E-state index >= 15 is 0 Å². The third-order valence-corrected chi connectivity index (χ3v) is 2.74. The van der Waals surface area contributed by atoms with Crippen molar-refractivity contribution in [2.45, 2.75) is 6.92 Å². The molecule has 0 aliphatic carbocycles. The molecule has 0 unspecified atom stereocenters. The largest absolute Gasteiger partial charge is 0.294 e. The zero-order valence-corrected chi connectivity index (χ0v) is 9.94. The Morgan fingerprint density at radius 3 is 2.59 bits per heavy atom. The predicted molar refractivity (Wildman–Crippen MR) is 67.1 cm³/mol. The predicted octanol–water partition coefficient (Wildman–Crippen LogP) is 2.69. The van der Waals surface area contributed by atoms with Gasteiger partial charge in [0.2, 0.25) is 0 Å². The molecule has 0 saturated carbocycles. The zero-order valence-electron chi connectivity index (χ0n) is 9.18. The maximum atomic E-state index is 11.7. The van der Waals surface area contributed by atoms with Crippen molar-refractivity contribution in [2.75, 3.05) is 0 Å². The van der Waals surface area contributed by atoms with Crippen LogP contribution in [0.1, 0.15) is 17.3 Å². The molecule has 3 nitrogen and oxygen atoms in total. The van der Waals surface area contributed by atoms with Crippen molar-refractivity contribution in [1.82, 2.24) is 4.57 Å². The van der Waals surface area contributed by atoms with E-state index in [9.17, 15) is 9.59 Å². The Morgan fingerprint density at radius 2 is 1.94 bits per heavy atom. The minimum absolute atomic E-state index is 0.165. The second-order valence-electron chi connectivity index (χ2n) is 3.60. The van der Waals surface area contributed by atoms with Crippen LogP contribution in [0.3, 0.4) is 0 Å². The zero-order chi connectivity index (χ0) is 12.4. The lowest BCUT2D eigenvalue weighted by molar-refractivity contribution is 0.101. The average Bonchev–Trinajstić information content (AvgIpc) is 2.28. The van der Waals surface area contributed by atoms with Gasteiger partial charge in [-0.25, -0.2) is 0 Å². The van der Waals surface area contributed by atoms with Gasteiger partial charge < -0.3 is 0 Å². The van der Waals surface area contributed by atoms with Crippen LogP contribution in [-0.4, -0.2) is 10.4 Å². The number of carbonyl (C=O) groups excluding carboxylic acids is 1. The maximum absolute atomic E-state index is 11.7. The lowest BCUT2D eigenvalue weighted by Gasteiger charge is -2.10. The fourth-order valence-corrected chi connectivity index (χ4v) is 1.99. The van der Waals surface area contributed by atoms with Crippen LogP contribution >= 0.6 is 11.6 Å². The number of aromatic nitrogens is 1. The third-order valence-electron chi connectivity index (χ3n) is 2.43. The summed E-state index contributed by atoms with van der Waals surface area (Å²) in [4.78, 5) is 23.3. The van der Waals surface area contributed by atoms with E-state index in [1.54, 1.807) is 36.5 Å². The summed E-state index contributed by atoms with van der Waals surface area (Å²) in [5.74, 6) is -0.165. The molecule has 0 N–H and O–H groups in total. The fourth-order valence-electron chi connectivity index (χ4n) is 1.69. The molecule has 0 radical (unpaired) electrons. The molecule has 0 amide bonds. The smallest absolute Gasteiger partial charge is 0.255 e. The quantitative estimate of drug-likeness (QED) is 0.766. The molecule has 1 aromatic carbocycles. The lowest BCUT2D eigenvalue weighted by atomic mass is 10.1. The lowest BCUT2D eigenvalue weighted by Crippen LogP contribution is -2.18. The van der Waals surface area contributed by atoms with Gasteiger partial charge in [-0.1, -0.05) is 23.7 Å². The molecule has 17 heavy (non-hydrogen) atoms. The molecule has 4 heteroatoms. The monoisotopic (exact) mass is 247 g/mol. The van der Waals surface area contributed by atoms with Gasteiger partial charge in [0.1, 0.15) is 0 Å². The number of rotatable bonds is 2. The Kier molecular flexibility index (Phi) is 3.11. The molecule has 1 heterocycles. The summed E-state index contributed by atoms with van der Waals surface area (Å²) in [5.41, 5.74) is 0.676. The number of pyridine rings is 1. The van der Waals surface area contributed by atoms with Crippen molar-refractivity contribution in [3.63, 3.8) is 0 Å². The Bertz CT molecular complexity index is 631. The fraction of sp³-hybridized carbons (Fsp3) is 0.0769. The first-order valence-electron chi connectivity index (χ1n) is 5.09. The highest BCUT2D eigenvalue weighted by molar-refractivity contribution is 6.34. The van der Waals surface area contributed by atoms with E-state index in [4.69, 9.17) is 11.6 Å². The normalized spacial score (nSPS) is 10.2. The van der Waals surface area contributed by atoms with Crippen LogP contribution in [0.4, 0.5) is 0 Å². The summed E-state index contributed by atoms with van der Waals surface area (Å²) in [6, 6.07) is 9.86. The Morgan fingerprint density at radius 1 is 1.18 bits per heavy atom. The summed E-state index contributed by atoms with van der Waals surface area (Å²) >= 11 is 5.99. The minimum Gasteiger partial charge on any atom is -0.294 e. The van der Waals surface area contributed by atoms with Crippen molar-refractivity contribution in [2.24, 2.45) is 0 Å². The van der Waals surface area contributed by atoms with Crippen molar-refractivity contribution in [3.05, 3.63) is 63.5 Å². The van der Waals surface area contributed by atoms with E-state index in [-0.39, 0.29) is 11.3 Å². The van der Waals surface area contributed by atoms with Gasteiger partial charge >= 0.3 is 0 Å². The first-order valence-corrected chi connectivity index (χ1v) is 5.46. The van der Waals surface area contributed by atoms with Crippen LogP contribution in [0.15, 0.2) is 47.4 Å². The Labute approximate surface area is 103 Å². The molecule has 0 spiro atoms. The molecule has 0 atom stereocenters. The summed E-state index contributed by atoms with van der Waals surface area (Å²) in [6.45, 7) is 1.43. The van der Waals surface area contributed by atoms with E-state index in [1.165, 1.54) is 17.6 Å². The summed E-state index contributed by atoms with van der Waals surface area (Å²) < 4.78 is 1.41. The van der Waals surface area contributed by atoms with Crippen LogP contribution in [0.2, 0.25) is 5.02 Å². The molecule has 0 saturated heterocycles. The van der Waals surface area contributed by atoms with Crippen LogP contribution in [-0.2, 0) is 0 Å². The van der Waals surface area contributed by atoms with Gasteiger partial charge in [-0.3, -0.25) is 14.2 Å². The number of Topliss-reactive ketones (excluding diaryl/α,β-unsaturated/α-hetero) is 1. The van der Waals surface area contributed by atoms with Crippen LogP contribution in [0.25, 0.3) is 5.69 Å². The number of carbonyl (C=O) groups is 1. The van der Waals surface area contributed by atoms with Crippen molar-refractivity contribution < 1.29 is 4.79 Å². The average molecular weight is 248 g/mol. The van der Waals surface area contributed by atoms with Crippen molar-refractivity contribution in [3.8, 4) is 5.69 Å². The highest BCUT2D eigenvalue weighted by atomic mass is 35.5. The van der Waals surface area contributed by atoms with Gasteiger partial charge in [0.25, 0.3) is 5.56 Å². The van der Waals surface area contributed by atoms with E-state index < -0.39 is 0 Å². The van der Waals surface area contributed by atoms with E-state index in [2.05, 4.69) is 0 Å². The Hall–Kier alpha value is -1.87. The topological polar surface area (TPSA) is 39.1 Å². The van der Waals surface area contributed by atoms with E-state index in [0.717, 1.165) is 0 Å². The van der Waals surface area contributed by atoms with Crippen LogP contribution < -0.4 is 5.56 Å². The number of hydrogen-bond acceptors (Lipinski definition) is 2. The van der Waals surface area contributed by atoms with E-state index in [1.807, 2.05) is 0 Å². The maximum Gasteiger partial charge on any atom is 0.255 e. The van der Waals surface area contributed by atoms with Gasteiger partial charge in [0.15, 0.2) is 5.78 Å². The SMILES string of the molecule is CC(=O)c1c(Cl)cccc1-n1ccccc1=O.